The zero-order valence-electron chi connectivity index (χ0n) is 8.13. The highest BCUT2D eigenvalue weighted by atomic mass is 16.3. The van der Waals surface area contributed by atoms with E-state index in [-0.39, 0.29) is 0 Å². The molecule has 0 aliphatic rings. The first-order valence-corrected chi connectivity index (χ1v) is 4.75. The molecule has 0 spiro atoms. The molecule has 14 heavy (non-hydrogen) atoms. The third-order valence-electron chi connectivity index (χ3n) is 2.14. The zero-order valence-corrected chi connectivity index (χ0v) is 8.13. The molecule has 0 fully saturated rings. The molecule has 0 aliphatic heterocycles. The van der Waals surface area contributed by atoms with Crippen molar-refractivity contribution in [2.75, 3.05) is 0 Å². The molecule has 1 aromatic rings. The summed E-state index contributed by atoms with van der Waals surface area (Å²) in [5.41, 5.74) is 1.03. The van der Waals surface area contributed by atoms with E-state index in [9.17, 15) is 10.2 Å². The number of hydrogen-bond acceptors (Lipinski definition) is 2. The fourth-order valence-electron chi connectivity index (χ4n) is 1.32. The number of hydrogen-bond donors (Lipinski definition) is 2. The van der Waals surface area contributed by atoms with Gasteiger partial charge in [-0.2, -0.15) is 0 Å². The Hall–Kier alpha value is -1.12. The molecule has 2 unspecified atom stereocenters. The van der Waals surface area contributed by atoms with Crippen molar-refractivity contribution in [2.45, 2.75) is 25.0 Å². The average molecular weight is 192 g/mol. The maximum atomic E-state index is 9.60. The van der Waals surface area contributed by atoms with Gasteiger partial charge in [0.2, 0.25) is 0 Å². The summed E-state index contributed by atoms with van der Waals surface area (Å²) >= 11 is 0. The van der Waals surface area contributed by atoms with E-state index in [0.29, 0.717) is 12.8 Å². The second-order valence-electron chi connectivity index (χ2n) is 3.35. The van der Waals surface area contributed by atoms with Crippen LogP contribution in [0.2, 0.25) is 0 Å². The first-order chi connectivity index (χ1) is 6.74. The van der Waals surface area contributed by atoms with Crippen molar-refractivity contribution in [1.82, 2.24) is 0 Å². The van der Waals surface area contributed by atoms with Crippen LogP contribution >= 0.6 is 0 Å². The summed E-state index contributed by atoms with van der Waals surface area (Å²) in [6.45, 7) is 3.52. The van der Waals surface area contributed by atoms with Crippen LogP contribution in [0.3, 0.4) is 0 Å². The van der Waals surface area contributed by atoms with Crippen molar-refractivity contribution in [3.63, 3.8) is 0 Å². The molecule has 2 N–H and O–H groups in total. The van der Waals surface area contributed by atoms with Crippen molar-refractivity contribution in [1.29, 1.82) is 0 Å². The van der Waals surface area contributed by atoms with E-state index in [0.717, 1.165) is 5.56 Å². The molecule has 0 heterocycles. The molecular formula is C12H16O2. The molecule has 0 radical (unpaired) electrons. The van der Waals surface area contributed by atoms with Gasteiger partial charge < -0.3 is 10.2 Å². The van der Waals surface area contributed by atoms with Crippen LogP contribution in [0, 0.1) is 0 Å². The topological polar surface area (TPSA) is 40.5 Å². The van der Waals surface area contributed by atoms with Crippen molar-refractivity contribution in [3.05, 3.63) is 48.6 Å². The molecule has 2 nitrogen and oxygen atoms in total. The molecule has 0 aliphatic carbocycles. The van der Waals surface area contributed by atoms with Gasteiger partial charge in [-0.3, -0.25) is 0 Å². The van der Waals surface area contributed by atoms with E-state index in [2.05, 4.69) is 6.58 Å². The Morgan fingerprint density at radius 3 is 2.36 bits per heavy atom. The number of rotatable bonds is 5. The fourth-order valence-corrected chi connectivity index (χ4v) is 1.32. The molecule has 0 amide bonds. The monoisotopic (exact) mass is 192 g/mol. The number of benzene rings is 1. The van der Waals surface area contributed by atoms with Gasteiger partial charge in [0.25, 0.3) is 0 Å². The molecule has 0 aromatic heterocycles. The van der Waals surface area contributed by atoms with Gasteiger partial charge in [0.05, 0.1) is 12.2 Å². The van der Waals surface area contributed by atoms with E-state index in [1.54, 1.807) is 6.08 Å². The van der Waals surface area contributed by atoms with Gasteiger partial charge in [-0.25, -0.2) is 0 Å². The number of aliphatic hydroxyl groups is 2. The van der Waals surface area contributed by atoms with E-state index < -0.39 is 12.2 Å². The summed E-state index contributed by atoms with van der Waals surface area (Å²) in [5, 5.41) is 19.1. The van der Waals surface area contributed by atoms with E-state index >= 15 is 0 Å². The van der Waals surface area contributed by atoms with Crippen LogP contribution in [0.25, 0.3) is 0 Å². The second-order valence-corrected chi connectivity index (χ2v) is 3.35. The molecule has 1 aromatic carbocycles. The van der Waals surface area contributed by atoms with Gasteiger partial charge >= 0.3 is 0 Å². The molecule has 0 saturated carbocycles. The van der Waals surface area contributed by atoms with Crippen LogP contribution in [-0.2, 0) is 6.42 Å². The molecule has 2 atom stereocenters. The van der Waals surface area contributed by atoms with Crippen molar-refractivity contribution < 1.29 is 10.2 Å². The minimum atomic E-state index is -0.715. The Kier molecular flexibility index (Phi) is 4.36. The summed E-state index contributed by atoms with van der Waals surface area (Å²) in [7, 11) is 0. The van der Waals surface area contributed by atoms with E-state index in [1.807, 2.05) is 30.3 Å². The standard InChI is InChI=1S/C12H16O2/c1-2-6-11(13)12(14)9-10-7-4-3-5-8-10/h2-5,7-8,11-14H,1,6,9H2. The lowest BCUT2D eigenvalue weighted by Crippen LogP contribution is -2.27. The lowest BCUT2D eigenvalue weighted by molar-refractivity contribution is 0.0222. The molecule has 0 saturated heterocycles. The summed E-state index contributed by atoms with van der Waals surface area (Å²) in [4.78, 5) is 0. The SMILES string of the molecule is C=CCC(O)C(O)Cc1ccccc1. The van der Waals surface area contributed by atoms with Crippen LogP contribution < -0.4 is 0 Å². The molecule has 0 bridgehead atoms. The van der Waals surface area contributed by atoms with Crippen LogP contribution in [0.1, 0.15) is 12.0 Å². The van der Waals surface area contributed by atoms with Crippen LogP contribution in [-0.4, -0.2) is 22.4 Å². The summed E-state index contributed by atoms with van der Waals surface area (Å²) < 4.78 is 0. The van der Waals surface area contributed by atoms with Crippen molar-refractivity contribution in [3.8, 4) is 0 Å². The lowest BCUT2D eigenvalue weighted by atomic mass is 10.0. The van der Waals surface area contributed by atoms with E-state index in [1.165, 1.54) is 0 Å². The average Bonchev–Trinajstić information content (AvgIpc) is 2.19. The van der Waals surface area contributed by atoms with Crippen molar-refractivity contribution in [2.24, 2.45) is 0 Å². The summed E-state index contributed by atoms with van der Waals surface area (Å²) in [6, 6.07) is 9.63. The van der Waals surface area contributed by atoms with Gasteiger partial charge in [-0.05, 0) is 12.0 Å². The first-order valence-electron chi connectivity index (χ1n) is 4.75. The Balaban J connectivity index is 2.48. The third kappa shape index (κ3) is 3.32. The minimum Gasteiger partial charge on any atom is -0.390 e. The summed E-state index contributed by atoms with van der Waals surface area (Å²) in [6.07, 6.45) is 1.09. The van der Waals surface area contributed by atoms with Gasteiger partial charge in [-0.1, -0.05) is 36.4 Å². The van der Waals surface area contributed by atoms with Crippen LogP contribution in [0.15, 0.2) is 43.0 Å². The second kappa shape index (κ2) is 5.58. The molecule has 1 rings (SSSR count). The smallest absolute Gasteiger partial charge is 0.0842 e. The van der Waals surface area contributed by atoms with Crippen molar-refractivity contribution >= 4 is 0 Å². The quantitative estimate of drug-likeness (QED) is 0.694. The highest BCUT2D eigenvalue weighted by Crippen LogP contribution is 2.08. The zero-order chi connectivity index (χ0) is 10.4. The summed E-state index contributed by atoms with van der Waals surface area (Å²) in [5.74, 6) is 0. The lowest BCUT2D eigenvalue weighted by Gasteiger charge is -2.16. The predicted octanol–water partition coefficient (Wildman–Crippen LogP) is 1.53. The Morgan fingerprint density at radius 1 is 1.14 bits per heavy atom. The van der Waals surface area contributed by atoms with Gasteiger partial charge in [0.15, 0.2) is 0 Å². The normalized spacial score (nSPS) is 14.7. The van der Waals surface area contributed by atoms with Gasteiger partial charge in [0.1, 0.15) is 0 Å². The molecular weight excluding hydrogens is 176 g/mol. The maximum absolute atomic E-state index is 9.60. The Labute approximate surface area is 84.5 Å². The predicted molar refractivity (Wildman–Crippen MR) is 57.0 cm³/mol. The minimum absolute atomic E-state index is 0.425. The molecule has 76 valence electrons. The fraction of sp³-hybridized carbons (Fsp3) is 0.333. The third-order valence-corrected chi connectivity index (χ3v) is 2.14. The Morgan fingerprint density at radius 2 is 1.79 bits per heavy atom. The maximum Gasteiger partial charge on any atom is 0.0842 e. The number of aliphatic hydroxyl groups excluding tert-OH is 2. The van der Waals surface area contributed by atoms with Crippen LogP contribution in [0.4, 0.5) is 0 Å². The molecule has 2 heteroatoms. The van der Waals surface area contributed by atoms with Gasteiger partial charge in [0, 0.05) is 6.42 Å². The Bertz CT molecular complexity index is 269. The van der Waals surface area contributed by atoms with E-state index in [4.69, 9.17) is 0 Å². The highest BCUT2D eigenvalue weighted by molar-refractivity contribution is 5.15. The largest absolute Gasteiger partial charge is 0.390 e. The highest BCUT2D eigenvalue weighted by Gasteiger charge is 2.14. The van der Waals surface area contributed by atoms with Gasteiger partial charge in [-0.15, -0.1) is 6.58 Å². The van der Waals surface area contributed by atoms with Crippen LogP contribution in [0.5, 0.6) is 0 Å². The first kappa shape index (κ1) is 11.0.